The number of benzene rings is 2. The highest BCUT2D eigenvalue weighted by molar-refractivity contribution is 7.90. The monoisotopic (exact) mass is 525 g/mol. The molecule has 0 spiro atoms. The van der Waals surface area contributed by atoms with E-state index in [1.165, 1.54) is 17.6 Å². The minimum Gasteiger partial charge on any atom is -0.490 e. The molecule has 3 heterocycles. The second-order valence-electron chi connectivity index (χ2n) is 8.52. The molecule has 0 amide bonds. The Balaban J connectivity index is 1.29. The minimum atomic E-state index is -3.28. The van der Waals surface area contributed by atoms with Crippen molar-refractivity contribution in [2.45, 2.75) is 30.8 Å². The predicted octanol–water partition coefficient (Wildman–Crippen LogP) is 4.68. The second kappa shape index (κ2) is 10.3. The molecule has 0 radical (unpaired) electrons. The number of hydrogen-bond acceptors (Lipinski definition) is 10. The summed E-state index contributed by atoms with van der Waals surface area (Å²) in [7, 11) is -3.28. The lowest BCUT2D eigenvalue weighted by Gasteiger charge is -2.33. The van der Waals surface area contributed by atoms with Crippen LogP contribution in [0.3, 0.4) is 0 Å². The first kappa shape index (κ1) is 24.3. The third-order valence-electron chi connectivity index (χ3n) is 5.79. The lowest BCUT2D eigenvalue weighted by Crippen LogP contribution is -2.41. The van der Waals surface area contributed by atoms with E-state index in [9.17, 15) is 8.42 Å². The quantitative estimate of drug-likeness (QED) is 0.351. The van der Waals surface area contributed by atoms with Gasteiger partial charge in [0.25, 0.3) is 0 Å². The van der Waals surface area contributed by atoms with Crippen LogP contribution in [0.5, 0.6) is 11.5 Å². The van der Waals surface area contributed by atoms with Crippen LogP contribution in [0.25, 0.3) is 10.2 Å². The van der Waals surface area contributed by atoms with E-state index >= 15 is 0 Å². The van der Waals surface area contributed by atoms with E-state index in [0.717, 1.165) is 46.9 Å². The van der Waals surface area contributed by atoms with E-state index < -0.39 is 9.84 Å². The molecule has 0 bridgehead atoms. The molecular weight excluding hydrogens is 498 g/mol. The normalized spacial score (nSPS) is 16.2. The van der Waals surface area contributed by atoms with Gasteiger partial charge in [0.15, 0.2) is 32.3 Å². The van der Waals surface area contributed by atoms with Crippen molar-refractivity contribution < 1.29 is 17.9 Å². The van der Waals surface area contributed by atoms with Crippen LogP contribution < -0.4 is 19.7 Å². The lowest BCUT2D eigenvalue weighted by atomic mass is 10.1. The third-order valence-corrected chi connectivity index (χ3v) is 7.83. The Morgan fingerprint density at radius 3 is 2.78 bits per heavy atom. The first-order chi connectivity index (χ1) is 17.4. The highest BCUT2D eigenvalue weighted by Crippen LogP contribution is 2.31. The maximum absolute atomic E-state index is 11.9. The number of aromatic nitrogens is 3. The van der Waals surface area contributed by atoms with Crippen molar-refractivity contribution in [2.24, 2.45) is 0 Å². The molecule has 0 saturated carbocycles. The third kappa shape index (κ3) is 5.52. The number of ether oxygens (including phenoxy) is 2. The van der Waals surface area contributed by atoms with Crippen LogP contribution in [0.2, 0.25) is 0 Å². The van der Waals surface area contributed by atoms with Crippen LogP contribution in [-0.2, 0) is 9.84 Å². The Morgan fingerprint density at radius 2 is 1.97 bits per heavy atom. The molecule has 188 valence electrons. The molecule has 1 N–H and O–H groups in total. The van der Waals surface area contributed by atoms with Crippen LogP contribution in [0.4, 0.5) is 16.8 Å². The summed E-state index contributed by atoms with van der Waals surface area (Å²) in [4.78, 5) is 16.1. The van der Waals surface area contributed by atoms with Crippen molar-refractivity contribution in [3.8, 4) is 11.5 Å². The molecule has 11 heteroatoms. The summed E-state index contributed by atoms with van der Waals surface area (Å²) < 4.78 is 36.5. The number of hydrogen-bond donors (Lipinski definition) is 1. The standard InChI is InChI=1S/C25H27N5O4S2/c1-3-33-20-8-4-5-9-21(20)34-17-7-6-12-30(16-17)24-15-26-14-23(28-24)29-25-27-19-11-10-18(36(2,31)32)13-22(19)35-25/h4-5,8-11,13-15,17H,3,6-7,12,16H2,1-2H3,(H,27,28,29)/t17-/m1/s1. The molecule has 0 aliphatic carbocycles. The number of rotatable bonds is 8. The van der Waals surface area contributed by atoms with E-state index in [1.807, 2.05) is 31.2 Å². The molecule has 36 heavy (non-hydrogen) atoms. The van der Waals surface area contributed by atoms with E-state index in [1.54, 1.807) is 30.6 Å². The van der Waals surface area contributed by atoms with Crippen molar-refractivity contribution in [2.75, 3.05) is 36.2 Å². The van der Waals surface area contributed by atoms with Gasteiger partial charge in [0.2, 0.25) is 0 Å². The number of para-hydroxylation sites is 2. The number of thiazole rings is 1. The van der Waals surface area contributed by atoms with Crippen molar-refractivity contribution in [1.82, 2.24) is 15.0 Å². The second-order valence-corrected chi connectivity index (χ2v) is 11.6. The summed E-state index contributed by atoms with van der Waals surface area (Å²) >= 11 is 1.37. The van der Waals surface area contributed by atoms with Crippen molar-refractivity contribution in [3.05, 3.63) is 54.9 Å². The first-order valence-corrected chi connectivity index (χ1v) is 14.4. The Kier molecular flexibility index (Phi) is 6.92. The van der Waals surface area contributed by atoms with Crippen LogP contribution in [-0.4, -0.2) is 55.4 Å². The fraction of sp³-hybridized carbons (Fsp3) is 0.320. The Bertz CT molecular complexity index is 1470. The van der Waals surface area contributed by atoms with Gasteiger partial charge in [-0.25, -0.2) is 18.4 Å². The molecule has 1 fully saturated rings. The van der Waals surface area contributed by atoms with Gasteiger partial charge in [-0.1, -0.05) is 23.5 Å². The molecule has 1 atom stereocenters. The fourth-order valence-corrected chi connectivity index (χ4v) is 5.74. The van der Waals surface area contributed by atoms with Gasteiger partial charge in [-0.15, -0.1) is 0 Å². The summed E-state index contributed by atoms with van der Waals surface area (Å²) in [5.74, 6) is 2.83. The summed E-state index contributed by atoms with van der Waals surface area (Å²) in [5, 5.41) is 3.83. The molecule has 5 rings (SSSR count). The molecule has 1 aliphatic heterocycles. The number of sulfone groups is 1. The lowest BCUT2D eigenvalue weighted by molar-refractivity contribution is 0.170. The molecule has 2 aromatic carbocycles. The highest BCUT2D eigenvalue weighted by Gasteiger charge is 2.24. The summed E-state index contributed by atoms with van der Waals surface area (Å²) in [5.41, 5.74) is 0.724. The van der Waals surface area contributed by atoms with E-state index in [-0.39, 0.29) is 11.0 Å². The zero-order valence-corrected chi connectivity index (χ0v) is 21.7. The van der Waals surface area contributed by atoms with Gasteiger partial charge in [-0.2, -0.15) is 0 Å². The molecule has 0 unspecified atom stereocenters. The summed E-state index contributed by atoms with van der Waals surface area (Å²) in [6.45, 7) is 4.09. The minimum absolute atomic E-state index is 0.00655. The smallest absolute Gasteiger partial charge is 0.189 e. The topological polar surface area (TPSA) is 107 Å². The van der Waals surface area contributed by atoms with Crippen LogP contribution in [0.1, 0.15) is 19.8 Å². The first-order valence-electron chi connectivity index (χ1n) is 11.7. The van der Waals surface area contributed by atoms with Gasteiger partial charge in [-0.3, -0.25) is 4.98 Å². The van der Waals surface area contributed by atoms with Crippen LogP contribution in [0.15, 0.2) is 59.8 Å². The summed E-state index contributed by atoms with van der Waals surface area (Å²) in [6.07, 6.45) is 6.52. The number of fused-ring (bicyclic) bond motifs is 1. The van der Waals surface area contributed by atoms with Crippen molar-refractivity contribution >= 4 is 48.2 Å². The summed E-state index contributed by atoms with van der Waals surface area (Å²) in [6, 6.07) is 12.7. The van der Waals surface area contributed by atoms with Gasteiger partial charge in [0, 0.05) is 12.8 Å². The largest absolute Gasteiger partial charge is 0.490 e. The SMILES string of the molecule is CCOc1ccccc1O[C@@H]1CCCN(c2cncc(Nc3nc4ccc(S(C)(=O)=O)cc4s3)n2)C1. The van der Waals surface area contributed by atoms with Gasteiger partial charge in [-0.05, 0) is 50.1 Å². The van der Waals surface area contributed by atoms with Gasteiger partial charge in [0.05, 0.1) is 40.7 Å². The van der Waals surface area contributed by atoms with Gasteiger partial charge in [0.1, 0.15) is 11.9 Å². The van der Waals surface area contributed by atoms with E-state index in [0.29, 0.717) is 24.1 Å². The average molecular weight is 526 g/mol. The van der Waals surface area contributed by atoms with Gasteiger partial charge >= 0.3 is 0 Å². The van der Waals surface area contributed by atoms with Crippen molar-refractivity contribution in [1.29, 1.82) is 0 Å². The number of nitrogens with one attached hydrogen (secondary N) is 1. The maximum atomic E-state index is 11.9. The molecule has 2 aromatic heterocycles. The number of anilines is 3. The van der Waals surface area contributed by atoms with Crippen molar-refractivity contribution in [3.63, 3.8) is 0 Å². The average Bonchev–Trinajstić information content (AvgIpc) is 3.27. The molecule has 9 nitrogen and oxygen atoms in total. The highest BCUT2D eigenvalue weighted by atomic mass is 32.2. The Hall–Kier alpha value is -3.44. The molecule has 1 aliphatic rings. The molecular formula is C25H27N5O4S2. The fourth-order valence-electron chi connectivity index (χ4n) is 4.11. The zero-order chi connectivity index (χ0) is 25.1. The molecule has 1 saturated heterocycles. The van der Waals surface area contributed by atoms with E-state index in [2.05, 4.69) is 20.2 Å². The van der Waals surface area contributed by atoms with Crippen LogP contribution in [0, 0.1) is 0 Å². The predicted molar refractivity (Wildman–Crippen MR) is 142 cm³/mol. The molecule has 4 aromatic rings. The Morgan fingerprint density at radius 1 is 1.14 bits per heavy atom. The Labute approximate surface area is 214 Å². The number of piperidine rings is 1. The van der Waals surface area contributed by atoms with E-state index in [4.69, 9.17) is 14.5 Å². The maximum Gasteiger partial charge on any atom is 0.189 e. The zero-order valence-electron chi connectivity index (χ0n) is 20.0. The van der Waals surface area contributed by atoms with Crippen LogP contribution >= 0.6 is 11.3 Å². The van der Waals surface area contributed by atoms with Gasteiger partial charge < -0.3 is 19.7 Å². The number of nitrogens with zero attached hydrogens (tertiary/aromatic N) is 4.